The van der Waals surface area contributed by atoms with E-state index >= 15 is 0 Å². The minimum absolute atomic E-state index is 0.0278. The molecule has 6 nitrogen and oxygen atoms in total. The first kappa shape index (κ1) is 15.5. The zero-order chi connectivity index (χ0) is 14.3. The van der Waals surface area contributed by atoms with Crippen molar-refractivity contribution in [3.05, 3.63) is 29.8 Å². The van der Waals surface area contributed by atoms with Crippen LogP contribution in [-0.2, 0) is 19.6 Å². The SMILES string of the molecule is Cc1ccccc1S(=O)(=O)O.O=C=N[C@@H]1CCOC1. The summed E-state index contributed by atoms with van der Waals surface area (Å²) >= 11 is 0. The van der Waals surface area contributed by atoms with Gasteiger partial charge in [0.2, 0.25) is 6.08 Å². The highest BCUT2D eigenvalue weighted by Gasteiger charge is 2.13. The fourth-order valence-corrected chi connectivity index (χ4v) is 2.27. The molecule has 1 atom stereocenters. The summed E-state index contributed by atoms with van der Waals surface area (Å²) in [6, 6.07) is 6.36. The molecule has 104 valence electrons. The standard InChI is InChI=1S/C7H8O3S.C5H7NO2/c1-6-4-2-3-5-7(6)11(8,9)10;7-4-6-5-1-2-8-3-5/h2-5H,1H3,(H,8,9,10);5H,1-3H2/t;5-/m.1/s1. The zero-order valence-corrected chi connectivity index (χ0v) is 11.3. The van der Waals surface area contributed by atoms with Crippen molar-refractivity contribution < 1.29 is 22.5 Å². The van der Waals surface area contributed by atoms with E-state index in [9.17, 15) is 13.2 Å². The number of hydrogen-bond acceptors (Lipinski definition) is 5. The van der Waals surface area contributed by atoms with Crippen LogP contribution in [0.1, 0.15) is 12.0 Å². The lowest BCUT2D eigenvalue weighted by Crippen LogP contribution is -2.00. The van der Waals surface area contributed by atoms with Gasteiger partial charge in [-0.15, -0.1) is 0 Å². The second-order valence-corrected chi connectivity index (χ2v) is 5.37. The van der Waals surface area contributed by atoms with E-state index in [1.54, 1.807) is 25.1 Å². The van der Waals surface area contributed by atoms with Gasteiger partial charge in [0.1, 0.15) is 0 Å². The molecule has 1 aliphatic rings. The highest BCUT2D eigenvalue weighted by Crippen LogP contribution is 2.12. The van der Waals surface area contributed by atoms with Crippen molar-refractivity contribution in [3.63, 3.8) is 0 Å². The van der Waals surface area contributed by atoms with Crippen molar-refractivity contribution in [3.8, 4) is 0 Å². The molecule has 1 saturated heterocycles. The van der Waals surface area contributed by atoms with E-state index in [4.69, 9.17) is 9.29 Å². The highest BCUT2D eigenvalue weighted by molar-refractivity contribution is 7.85. The van der Waals surface area contributed by atoms with Crippen LogP contribution in [0.5, 0.6) is 0 Å². The lowest BCUT2D eigenvalue weighted by molar-refractivity contribution is 0.194. The molecule has 0 aliphatic carbocycles. The fourth-order valence-electron chi connectivity index (χ4n) is 1.54. The first-order valence-electron chi connectivity index (χ1n) is 5.63. The van der Waals surface area contributed by atoms with Crippen molar-refractivity contribution in [1.82, 2.24) is 0 Å². The Kier molecular flexibility index (Phi) is 5.85. The monoisotopic (exact) mass is 285 g/mol. The van der Waals surface area contributed by atoms with Crippen LogP contribution < -0.4 is 0 Å². The molecule has 7 heteroatoms. The summed E-state index contributed by atoms with van der Waals surface area (Å²) < 4.78 is 34.8. The van der Waals surface area contributed by atoms with Gasteiger partial charge in [0.05, 0.1) is 17.5 Å². The van der Waals surface area contributed by atoms with E-state index in [1.807, 2.05) is 0 Å². The summed E-state index contributed by atoms with van der Waals surface area (Å²) in [7, 11) is -4.03. The molecule has 0 spiro atoms. The van der Waals surface area contributed by atoms with Crippen molar-refractivity contribution in [1.29, 1.82) is 0 Å². The number of aliphatic imine (C=N–C) groups is 1. The van der Waals surface area contributed by atoms with Crippen LogP contribution in [0.3, 0.4) is 0 Å². The first-order valence-corrected chi connectivity index (χ1v) is 7.07. The van der Waals surface area contributed by atoms with Crippen molar-refractivity contribution in [2.75, 3.05) is 13.2 Å². The number of nitrogens with zero attached hydrogens (tertiary/aromatic N) is 1. The Morgan fingerprint density at radius 3 is 2.53 bits per heavy atom. The molecule has 1 aliphatic heterocycles. The average Bonchev–Trinajstić information content (AvgIpc) is 2.82. The fraction of sp³-hybridized carbons (Fsp3) is 0.417. The predicted molar refractivity (Wildman–Crippen MR) is 68.3 cm³/mol. The Morgan fingerprint density at radius 1 is 1.42 bits per heavy atom. The van der Waals surface area contributed by atoms with Gasteiger partial charge in [0.15, 0.2) is 0 Å². The molecule has 0 saturated carbocycles. The topological polar surface area (TPSA) is 93.0 Å². The zero-order valence-electron chi connectivity index (χ0n) is 10.4. The summed E-state index contributed by atoms with van der Waals surface area (Å²) in [5.41, 5.74) is 0.551. The molecule has 0 radical (unpaired) electrons. The minimum atomic E-state index is -4.03. The third kappa shape index (κ3) is 5.32. The molecule has 0 amide bonds. The van der Waals surface area contributed by atoms with Crippen molar-refractivity contribution >= 4 is 16.2 Å². The number of rotatable bonds is 2. The van der Waals surface area contributed by atoms with Gasteiger partial charge >= 0.3 is 0 Å². The Hall–Kier alpha value is -1.53. The summed E-state index contributed by atoms with van der Waals surface area (Å²) in [6.45, 7) is 2.95. The molecule has 1 aromatic carbocycles. The molecule has 1 heterocycles. The maximum atomic E-state index is 10.6. The first-order chi connectivity index (χ1) is 8.95. The molecule has 19 heavy (non-hydrogen) atoms. The van der Waals surface area contributed by atoms with Gasteiger partial charge in [0.25, 0.3) is 10.1 Å². The Balaban J connectivity index is 0.000000200. The smallest absolute Gasteiger partial charge is 0.294 e. The quantitative estimate of drug-likeness (QED) is 0.503. The van der Waals surface area contributed by atoms with Crippen LogP contribution >= 0.6 is 0 Å². The number of benzene rings is 1. The second-order valence-electron chi connectivity index (χ2n) is 3.98. The third-order valence-corrected chi connectivity index (χ3v) is 3.53. The van der Waals surface area contributed by atoms with Crippen LogP contribution in [-0.4, -0.2) is 38.3 Å². The van der Waals surface area contributed by atoms with Gasteiger partial charge in [-0.05, 0) is 25.0 Å². The van der Waals surface area contributed by atoms with Gasteiger partial charge < -0.3 is 4.74 Å². The lowest BCUT2D eigenvalue weighted by Gasteiger charge is -1.99. The van der Waals surface area contributed by atoms with Gasteiger partial charge in [-0.25, -0.2) is 9.79 Å². The lowest BCUT2D eigenvalue weighted by atomic mass is 10.2. The van der Waals surface area contributed by atoms with E-state index in [1.165, 1.54) is 12.1 Å². The summed E-state index contributed by atoms with van der Waals surface area (Å²) in [5, 5.41) is 0. The summed E-state index contributed by atoms with van der Waals surface area (Å²) in [6.07, 6.45) is 2.37. The van der Waals surface area contributed by atoms with Crippen LogP contribution in [0.4, 0.5) is 0 Å². The van der Waals surface area contributed by atoms with E-state index in [2.05, 4.69) is 4.99 Å². The molecule has 0 unspecified atom stereocenters. The molecule has 0 bridgehead atoms. The Labute approximate surface area is 111 Å². The second kappa shape index (κ2) is 7.16. The highest BCUT2D eigenvalue weighted by atomic mass is 32.2. The normalized spacial score (nSPS) is 18.1. The molecule has 0 aromatic heterocycles. The molecular formula is C12H15NO5S. The number of isocyanates is 1. The molecule has 1 N–H and O–H groups in total. The minimum Gasteiger partial charge on any atom is -0.379 e. The average molecular weight is 285 g/mol. The number of hydrogen-bond donors (Lipinski definition) is 1. The van der Waals surface area contributed by atoms with Crippen LogP contribution in [0, 0.1) is 6.92 Å². The van der Waals surface area contributed by atoms with E-state index in [0.29, 0.717) is 12.2 Å². The van der Waals surface area contributed by atoms with E-state index in [0.717, 1.165) is 13.0 Å². The maximum Gasteiger partial charge on any atom is 0.294 e. The Morgan fingerprint density at radius 2 is 2.11 bits per heavy atom. The van der Waals surface area contributed by atoms with Gasteiger partial charge in [0, 0.05) is 6.61 Å². The largest absolute Gasteiger partial charge is 0.379 e. The number of aryl methyl sites for hydroxylation is 1. The Bertz CT molecular complexity index is 557. The predicted octanol–water partition coefficient (Wildman–Crippen LogP) is 1.35. The van der Waals surface area contributed by atoms with Crippen LogP contribution in [0.15, 0.2) is 34.2 Å². The van der Waals surface area contributed by atoms with Crippen LogP contribution in [0.2, 0.25) is 0 Å². The van der Waals surface area contributed by atoms with Crippen molar-refractivity contribution in [2.45, 2.75) is 24.3 Å². The van der Waals surface area contributed by atoms with Gasteiger partial charge in [-0.3, -0.25) is 4.55 Å². The molecule has 1 aromatic rings. The molecular weight excluding hydrogens is 270 g/mol. The van der Waals surface area contributed by atoms with Gasteiger partial charge in [-0.1, -0.05) is 18.2 Å². The third-order valence-electron chi connectivity index (χ3n) is 2.51. The maximum absolute atomic E-state index is 10.6. The number of ether oxygens (including phenoxy) is 1. The van der Waals surface area contributed by atoms with Gasteiger partial charge in [-0.2, -0.15) is 8.42 Å². The number of carbonyl (C=O) groups excluding carboxylic acids is 1. The van der Waals surface area contributed by atoms with Crippen molar-refractivity contribution in [2.24, 2.45) is 4.99 Å². The molecule has 2 rings (SSSR count). The molecule has 1 fully saturated rings. The van der Waals surface area contributed by atoms with E-state index < -0.39 is 10.1 Å². The summed E-state index contributed by atoms with van der Waals surface area (Å²) in [5.74, 6) is 0. The van der Waals surface area contributed by atoms with E-state index in [-0.39, 0.29) is 10.9 Å². The summed E-state index contributed by atoms with van der Waals surface area (Å²) in [4.78, 5) is 13.1. The van der Waals surface area contributed by atoms with Crippen LogP contribution in [0.25, 0.3) is 0 Å².